The highest BCUT2D eigenvalue weighted by atomic mass is 16.3. The summed E-state index contributed by atoms with van der Waals surface area (Å²) in [7, 11) is 0. The number of aliphatic hydroxyl groups is 1. The molecule has 0 bridgehead atoms. The van der Waals surface area contributed by atoms with Crippen molar-refractivity contribution in [1.82, 2.24) is 15.0 Å². The van der Waals surface area contributed by atoms with Crippen LogP contribution in [-0.4, -0.2) is 33.2 Å². The summed E-state index contributed by atoms with van der Waals surface area (Å²) in [6.45, 7) is 3.08. The molecule has 0 unspecified atom stereocenters. The first-order chi connectivity index (χ1) is 10.2. The van der Waals surface area contributed by atoms with Gasteiger partial charge in [0.05, 0.1) is 0 Å². The number of rotatable bonds is 6. The van der Waals surface area contributed by atoms with Gasteiger partial charge in [-0.05, 0) is 43.7 Å². The van der Waals surface area contributed by atoms with Gasteiger partial charge in [-0.2, -0.15) is 0 Å². The molecule has 0 saturated heterocycles. The first-order valence-electron chi connectivity index (χ1n) is 7.32. The molecule has 1 fully saturated rings. The Kier molecular flexibility index (Phi) is 3.84. The molecule has 2 aromatic rings. The van der Waals surface area contributed by atoms with Crippen molar-refractivity contribution in [3.63, 3.8) is 0 Å². The van der Waals surface area contributed by atoms with E-state index >= 15 is 0 Å². The molecule has 0 spiro atoms. The van der Waals surface area contributed by atoms with Gasteiger partial charge in [-0.3, -0.25) is 4.98 Å². The third-order valence-corrected chi connectivity index (χ3v) is 4.02. The van der Waals surface area contributed by atoms with E-state index in [0.717, 1.165) is 30.0 Å². The molecule has 2 heterocycles. The second kappa shape index (κ2) is 5.77. The van der Waals surface area contributed by atoms with Gasteiger partial charge in [0.2, 0.25) is 0 Å². The van der Waals surface area contributed by atoms with E-state index in [1.165, 1.54) is 12.8 Å². The van der Waals surface area contributed by atoms with E-state index in [1.807, 2.05) is 25.1 Å². The van der Waals surface area contributed by atoms with Gasteiger partial charge in [0, 0.05) is 42.9 Å². The molecule has 110 valence electrons. The largest absolute Gasteiger partial charge is 0.396 e. The van der Waals surface area contributed by atoms with Crippen LogP contribution in [0.15, 0.2) is 30.6 Å². The Morgan fingerprint density at radius 2 is 2.19 bits per heavy atom. The lowest BCUT2D eigenvalue weighted by Gasteiger charge is -2.15. The fourth-order valence-electron chi connectivity index (χ4n) is 2.49. The summed E-state index contributed by atoms with van der Waals surface area (Å²) in [6.07, 6.45) is 6.73. The number of anilines is 1. The average Bonchev–Trinajstić information content (AvgIpc) is 3.26. The Labute approximate surface area is 124 Å². The van der Waals surface area contributed by atoms with Crippen molar-refractivity contribution in [2.45, 2.75) is 26.2 Å². The predicted molar refractivity (Wildman–Crippen MR) is 81.9 cm³/mol. The van der Waals surface area contributed by atoms with Crippen molar-refractivity contribution in [1.29, 1.82) is 0 Å². The fraction of sp³-hybridized carbons (Fsp3) is 0.438. The van der Waals surface area contributed by atoms with Crippen LogP contribution in [0, 0.1) is 12.3 Å². The van der Waals surface area contributed by atoms with Crippen LogP contribution in [0.25, 0.3) is 11.4 Å². The van der Waals surface area contributed by atoms with Gasteiger partial charge in [0.25, 0.3) is 0 Å². The molecular weight excluding hydrogens is 264 g/mol. The van der Waals surface area contributed by atoms with E-state index in [4.69, 9.17) is 5.11 Å². The van der Waals surface area contributed by atoms with Crippen molar-refractivity contribution in [3.05, 3.63) is 36.3 Å². The zero-order chi connectivity index (χ0) is 14.7. The van der Waals surface area contributed by atoms with Crippen LogP contribution in [0.1, 0.15) is 25.0 Å². The zero-order valence-electron chi connectivity index (χ0n) is 12.2. The van der Waals surface area contributed by atoms with Crippen LogP contribution in [-0.2, 0) is 0 Å². The first-order valence-corrected chi connectivity index (χ1v) is 7.32. The lowest BCUT2D eigenvalue weighted by atomic mass is 10.0. The van der Waals surface area contributed by atoms with E-state index in [-0.39, 0.29) is 12.0 Å². The van der Waals surface area contributed by atoms with E-state index < -0.39 is 0 Å². The van der Waals surface area contributed by atoms with Crippen LogP contribution < -0.4 is 5.32 Å². The molecule has 0 aliphatic heterocycles. The fourth-order valence-corrected chi connectivity index (χ4v) is 2.49. The standard InChI is InChI=1S/C16H20N4O/c1-12-9-14(18-11-16(4-5-16)6-8-21)20-15(19-12)13-3-2-7-17-10-13/h2-3,7,9-10,21H,4-6,8,11H2,1H3,(H,18,19,20). The highest BCUT2D eigenvalue weighted by molar-refractivity contribution is 5.56. The molecule has 3 rings (SSSR count). The van der Waals surface area contributed by atoms with Crippen LogP contribution in [0.3, 0.4) is 0 Å². The number of nitrogens with zero attached hydrogens (tertiary/aromatic N) is 3. The molecule has 0 aromatic carbocycles. The van der Waals surface area contributed by atoms with Crippen molar-refractivity contribution in [3.8, 4) is 11.4 Å². The van der Waals surface area contributed by atoms with Crippen molar-refractivity contribution in [2.24, 2.45) is 5.41 Å². The van der Waals surface area contributed by atoms with Crippen LogP contribution in [0.2, 0.25) is 0 Å². The number of hydrogen-bond acceptors (Lipinski definition) is 5. The minimum atomic E-state index is 0.255. The number of aliphatic hydroxyl groups excluding tert-OH is 1. The molecule has 21 heavy (non-hydrogen) atoms. The molecule has 0 amide bonds. The van der Waals surface area contributed by atoms with E-state index in [0.29, 0.717) is 5.82 Å². The SMILES string of the molecule is Cc1cc(NCC2(CCO)CC2)nc(-c2cccnc2)n1. The molecule has 1 aliphatic rings. The quantitative estimate of drug-likeness (QED) is 0.852. The van der Waals surface area contributed by atoms with Crippen LogP contribution in [0.5, 0.6) is 0 Å². The number of nitrogens with one attached hydrogen (secondary N) is 1. The van der Waals surface area contributed by atoms with Gasteiger partial charge in [0.15, 0.2) is 5.82 Å². The van der Waals surface area contributed by atoms with Crippen LogP contribution >= 0.6 is 0 Å². The monoisotopic (exact) mass is 284 g/mol. The highest BCUT2D eigenvalue weighted by Crippen LogP contribution is 2.48. The molecule has 2 N–H and O–H groups in total. The minimum Gasteiger partial charge on any atom is -0.396 e. The summed E-state index contributed by atoms with van der Waals surface area (Å²) >= 11 is 0. The Morgan fingerprint density at radius 1 is 1.33 bits per heavy atom. The van der Waals surface area contributed by atoms with Crippen molar-refractivity contribution < 1.29 is 5.11 Å². The van der Waals surface area contributed by atoms with Gasteiger partial charge in [0.1, 0.15) is 5.82 Å². The van der Waals surface area contributed by atoms with Gasteiger partial charge in [-0.1, -0.05) is 0 Å². The van der Waals surface area contributed by atoms with Crippen molar-refractivity contribution in [2.75, 3.05) is 18.5 Å². The summed E-state index contributed by atoms with van der Waals surface area (Å²) < 4.78 is 0. The number of aromatic nitrogens is 3. The lowest BCUT2D eigenvalue weighted by Crippen LogP contribution is -2.17. The van der Waals surface area contributed by atoms with E-state index in [9.17, 15) is 0 Å². The van der Waals surface area contributed by atoms with Gasteiger partial charge >= 0.3 is 0 Å². The number of aryl methyl sites for hydroxylation is 1. The Balaban J connectivity index is 1.76. The highest BCUT2D eigenvalue weighted by Gasteiger charge is 2.41. The molecule has 0 atom stereocenters. The topological polar surface area (TPSA) is 70.9 Å². The third kappa shape index (κ3) is 3.36. The smallest absolute Gasteiger partial charge is 0.163 e. The summed E-state index contributed by atoms with van der Waals surface area (Å²) in [6, 6.07) is 5.79. The van der Waals surface area contributed by atoms with Crippen molar-refractivity contribution >= 4 is 5.82 Å². The minimum absolute atomic E-state index is 0.255. The third-order valence-electron chi connectivity index (χ3n) is 4.02. The number of hydrogen-bond donors (Lipinski definition) is 2. The Hall–Kier alpha value is -2.01. The molecule has 5 nitrogen and oxygen atoms in total. The average molecular weight is 284 g/mol. The summed E-state index contributed by atoms with van der Waals surface area (Å²) in [4.78, 5) is 13.2. The first kappa shape index (κ1) is 13.9. The molecule has 0 radical (unpaired) electrons. The van der Waals surface area contributed by atoms with Gasteiger partial charge in [-0.15, -0.1) is 0 Å². The summed E-state index contributed by atoms with van der Waals surface area (Å²) in [5.74, 6) is 1.53. The predicted octanol–water partition coefficient (Wildman–Crippen LogP) is 2.42. The molecule has 2 aromatic heterocycles. The maximum Gasteiger partial charge on any atom is 0.163 e. The second-order valence-electron chi connectivity index (χ2n) is 5.79. The zero-order valence-corrected chi connectivity index (χ0v) is 12.2. The van der Waals surface area contributed by atoms with E-state index in [2.05, 4.69) is 20.3 Å². The van der Waals surface area contributed by atoms with E-state index in [1.54, 1.807) is 12.4 Å². The lowest BCUT2D eigenvalue weighted by molar-refractivity contribution is 0.253. The normalized spacial score (nSPS) is 15.7. The van der Waals surface area contributed by atoms with Gasteiger partial charge < -0.3 is 10.4 Å². The van der Waals surface area contributed by atoms with Crippen LogP contribution in [0.4, 0.5) is 5.82 Å². The molecule has 5 heteroatoms. The molecule has 1 aliphatic carbocycles. The second-order valence-corrected chi connectivity index (χ2v) is 5.79. The Morgan fingerprint density at radius 3 is 2.86 bits per heavy atom. The van der Waals surface area contributed by atoms with Gasteiger partial charge in [-0.25, -0.2) is 9.97 Å². The Bertz CT molecular complexity index is 611. The maximum atomic E-state index is 9.12. The molecule has 1 saturated carbocycles. The molecular formula is C16H20N4O. The summed E-state index contributed by atoms with van der Waals surface area (Å²) in [5.41, 5.74) is 2.11. The number of pyridine rings is 1. The summed E-state index contributed by atoms with van der Waals surface area (Å²) in [5, 5.41) is 12.5. The maximum absolute atomic E-state index is 9.12.